The van der Waals surface area contributed by atoms with Crippen molar-refractivity contribution in [1.29, 1.82) is 0 Å². The molecule has 2 nitrogen and oxygen atoms in total. The van der Waals surface area contributed by atoms with Crippen LogP contribution in [0.3, 0.4) is 0 Å². The Morgan fingerprint density at radius 1 is 1.18 bits per heavy atom. The van der Waals surface area contributed by atoms with Gasteiger partial charge in [-0.25, -0.2) is 0 Å². The average Bonchev–Trinajstić information content (AvgIpc) is 2.35. The van der Waals surface area contributed by atoms with Gasteiger partial charge in [0.05, 0.1) is 7.11 Å². The van der Waals surface area contributed by atoms with Crippen LogP contribution in [0.1, 0.15) is 50.7 Å². The molecule has 2 atom stereocenters. The number of rotatable bonds is 5. The maximum atomic E-state index is 5.76. The van der Waals surface area contributed by atoms with Crippen molar-refractivity contribution in [2.24, 2.45) is 11.7 Å². The number of methoxy groups -OCH3 is 1. The van der Waals surface area contributed by atoms with Gasteiger partial charge in [0.25, 0.3) is 0 Å². The molecule has 0 fully saturated rings. The van der Waals surface area contributed by atoms with Crippen LogP contribution in [-0.2, 0) is 0 Å². The minimum atomic E-state index is 0.425. The molecule has 1 aromatic carbocycles. The van der Waals surface area contributed by atoms with Crippen LogP contribution in [0.5, 0.6) is 5.75 Å². The zero-order chi connectivity index (χ0) is 13.0. The van der Waals surface area contributed by atoms with Crippen LogP contribution in [0.15, 0.2) is 18.2 Å². The third-order valence-corrected chi connectivity index (χ3v) is 3.64. The lowest BCUT2D eigenvalue weighted by atomic mass is 9.86. The van der Waals surface area contributed by atoms with Crippen molar-refractivity contribution in [2.75, 3.05) is 13.7 Å². The SMILES string of the molecule is COc1ccc(C(C)C)cc1C(C)C(C)CN. The van der Waals surface area contributed by atoms with E-state index in [1.165, 1.54) is 11.1 Å². The molecule has 0 aliphatic heterocycles. The molecule has 0 saturated carbocycles. The predicted octanol–water partition coefficient (Wildman–Crippen LogP) is 3.52. The number of hydrogen-bond donors (Lipinski definition) is 1. The molecule has 17 heavy (non-hydrogen) atoms. The summed E-state index contributed by atoms with van der Waals surface area (Å²) in [7, 11) is 1.73. The highest BCUT2D eigenvalue weighted by Gasteiger charge is 2.18. The number of ether oxygens (including phenoxy) is 1. The standard InChI is InChI=1S/C15H25NO/c1-10(2)13-6-7-15(17-5)14(8-13)12(4)11(3)9-16/h6-8,10-12H,9,16H2,1-5H3. The molecule has 2 N–H and O–H groups in total. The molecule has 0 aliphatic rings. The summed E-state index contributed by atoms with van der Waals surface area (Å²) in [6.45, 7) is 9.53. The van der Waals surface area contributed by atoms with Crippen molar-refractivity contribution < 1.29 is 4.74 Å². The zero-order valence-corrected chi connectivity index (χ0v) is 11.7. The lowest BCUT2D eigenvalue weighted by molar-refractivity contribution is 0.395. The van der Waals surface area contributed by atoms with E-state index in [0.29, 0.717) is 24.3 Å². The summed E-state index contributed by atoms with van der Waals surface area (Å²) in [4.78, 5) is 0. The first kappa shape index (κ1) is 14.0. The summed E-state index contributed by atoms with van der Waals surface area (Å²) in [5.41, 5.74) is 8.39. The van der Waals surface area contributed by atoms with E-state index in [1.54, 1.807) is 7.11 Å². The normalized spacial score (nSPS) is 14.8. The van der Waals surface area contributed by atoms with E-state index in [-0.39, 0.29) is 0 Å². The van der Waals surface area contributed by atoms with Gasteiger partial charge in [-0.05, 0) is 41.5 Å². The third kappa shape index (κ3) is 3.22. The maximum Gasteiger partial charge on any atom is 0.122 e. The average molecular weight is 235 g/mol. The second-order valence-corrected chi connectivity index (χ2v) is 5.16. The van der Waals surface area contributed by atoms with Gasteiger partial charge < -0.3 is 10.5 Å². The minimum absolute atomic E-state index is 0.425. The minimum Gasteiger partial charge on any atom is -0.496 e. The molecule has 0 amide bonds. The Morgan fingerprint density at radius 3 is 2.29 bits per heavy atom. The smallest absolute Gasteiger partial charge is 0.122 e. The Hall–Kier alpha value is -1.02. The molecule has 96 valence electrons. The second kappa shape index (κ2) is 6.06. The molecule has 0 aromatic heterocycles. The highest BCUT2D eigenvalue weighted by molar-refractivity contribution is 5.40. The summed E-state index contributed by atoms with van der Waals surface area (Å²) in [6, 6.07) is 6.48. The van der Waals surface area contributed by atoms with Gasteiger partial charge in [-0.3, -0.25) is 0 Å². The van der Waals surface area contributed by atoms with Gasteiger partial charge >= 0.3 is 0 Å². The van der Waals surface area contributed by atoms with Crippen molar-refractivity contribution in [3.05, 3.63) is 29.3 Å². The molecule has 0 spiro atoms. The largest absolute Gasteiger partial charge is 0.496 e. The Balaban J connectivity index is 3.13. The quantitative estimate of drug-likeness (QED) is 0.847. The van der Waals surface area contributed by atoms with Crippen LogP contribution in [0.2, 0.25) is 0 Å². The van der Waals surface area contributed by atoms with Crippen LogP contribution in [-0.4, -0.2) is 13.7 Å². The van der Waals surface area contributed by atoms with Gasteiger partial charge in [0, 0.05) is 0 Å². The van der Waals surface area contributed by atoms with E-state index < -0.39 is 0 Å². The molecule has 0 radical (unpaired) electrons. The van der Waals surface area contributed by atoms with E-state index in [0.717, 1.165) is 5.75 Å². The van der Waals surface area contributed by atoms with Crippen LogP contribution >= 0.6 is 0 Å². The summed E-state index contributed by atoms with van der Waals surface area (Å²) in [6.07, 6.45) is 0. The Bertz CT molecular complexity index is 360. The molecule has 0 aliphatic carbocycles. The van der Waals surface area contributed by atoms with E-state index in [2.05, 4.69) is 45.9 Å². The number of benzene rings is 1. The van der Waals surface area contributed by atoms with E-state index in [4.69, 9.17) is 10.5 Å². The monoisotopic (exact) mass is 235 g/mol. The summed E-state index contributed by atoms with van der Waals surface area (Å²) < 4.78 is 5.46. The predicted molar refractivity (Wildman–Crippen MR) is 73.7 cm³/mol. The lowest BCUT2D eigenvalue weighted by Crippen LogP contribution is -2.17. The topological polar surface area (TPSA) is 35.2 Å². The Morgan fingerprint density at radius 2 is 1.82 bits per heavy atom. The first-order valence-electron chi connectivity index (χ1n) is 6.39. The fourth-order valence-corrected chi connectivity index (χ4v) is 1.98. The van der Waals surface area contributed by atoms with E-state index in [9.17, 15) is 0 Å². The maximum absolute atomic E-state index is 5.76. The van der Waals surface area contributed by atoms with Crippen LogP contribution in [0, 0.1) is 5.92 Å². The molecule has 0 heterocycles. The fourth-order valence-electron chi connectivity index (χ4n) is 1.98. The van der Waals surface area contributed by atoms with E-state index >= 15 is 0 Å². The van der Waals surface area contributed by atoms with Gasteiger partial charge in [-0.15, -0.1) is 0 Å². The molecule has 0 bridgehead atoms. The Kier molecular flexibility index (Phi) is 5.01. The number of nitrogens with two attached hydrogens (primary N) is 1. The van der Waals surface area contributed by atoms with Gasteiger partial charge in [0.2, 0.25) is 0 Å². The highest BCUT2D eigenvalue weighted by atomic mass is 16.5. The third-order valence-electron chi connectivity index (χ3n) is 3.64. The molecule has 2 heteroatoms. The molecule has 1 aromatic rings. The molecule has 0 saturated heterocycles. The highest BCUT2D eigenvalue weighted by Crippen LogP contribution is 2.33. The van der Waals surface area contributed by atoms with Gasteiger partial charge in [-0.2, -0.15) is 0 Å². The lowest BCUT2D eigenvalue weighted by Gasteiger charge is -2.22. The van der Waals surface area contributed by atoms with Crippen molar-refractivity contribution >= 4 is 0 Å². The number of hydrogen-bond acceptors (Lipinski definition) is 2. The summed E-state index contributed by atoms with van der Waals surface area (Å²) >= 11 is 0. The molecular formula is C15H25NO. The van der Waals surface area contributed by atoms with Crippen molar-refractivity contribution in [1.82, 2.24) is 0 Å². The summed E-state index contributed by atoms with van der Waals surface area (Å²) in [5.74, 6) is 2.40. The van der Waals surface area contributed by atoms with Crippen molar-refractivity contribution in [3.8, 4) is 5.75 Å². The van der Waals surface area contributed by atoms with Gasteiger partial charge in [0.15, 0.2) is 0 Å². The fraction of sp³-hybridized carbons (Fsp3) is 0.600. The molecule has 1 rings (SSSR count). The summed E-state index contributed by atoms with van der Waals surface area (Å²) in [5, 5.41) is 0. The molecular weight excluding hydrogens is 210 g/mol. The van der Waals surface area contributed by atoms with Crippen molar-refractivity contribution in [3.63, 3.8) is 0 Å². The zero-order valence-electron chi connectivity index (χ0n) is 11.7. The second-order valence-electron chi connectivity index (χ2n) is 5.16. The van der Waals surface area contributed by atoms with Crippen LogP contribution < -0.4 is 10.5 Å². The van der Waals surface area contributed by atoms with Crippen molar-refractivity contribution in [2.45, 2.75) is 39.5 Å². The first-order chi connectivity index (χ1) is 8.01. The van der Waals surface area contributed by atoms with Gasteiger partial charge in [0.1, 0.15) is 5.75 Å². The first-order valence-corrected chi connectivity index (χ1v) is 6.39. The van der Waals surface area contributed by atoms with Gasteiger partial charge in [-0.1, -0.05) is 39.8 Å². The Labute approximate surface area is 105 Å². The van der Waals surface area contributed by atoms with E-state index in [1.807, 2.05) is 0 Å². The van der Waals surface area contributed by atoms with Crippen LogP contribution in [0.25, 0.3) is 0 Å². The molecule has 2 unspecified atom stereocenters. The van der Waals surface area contributed by atoms with Crippen LogP contribution in [0.4, 0.5) is 0 Å².